The van der Waals surface area contributed by atoms with Crippen LogP contribution in [0.5, 0.6) is 0 Å². The number of amides is 1. The molecule has 0 atom stereocenters. The zero-order chi connectivity index (χ0) is 18.2. The largest absolute Gasteiger partial charge is 0.465 e. The van der Waals surface area contributed by atoms with Crippen LogP contribution >= 0.6 is 12.4 Å². The maximum Gasteiger partial charge on any atom is 0.325 e. The summed E-state index contributed by atoms with van der Waals surface area (Å²) in [6.45, 7) is 2.33. The van der Waals surface area contributed by atoms with Gasteiger partial charge in [0.15, 0.2) is 0 Å². The minimum absolute atomic E-state index is 0. The highest BCUT2D eigenvalue weighted by atomic mass is 35.5. The average molecular weight is 381 g/mol. The number of nitrogens with zero attached hydrogens (tertiary/aromatic N) is 1. The van der Waals surface area contributed by atoms with Crippen molar-refractivity contribution < 1.29 is 18.7 Å². The third kappa shape index (κ3) is 6.13. The van der Waals surface area contributed by atoms with E-state index in [1.165, 1.54) is 17.0 Å². The van der Waals surface area contributed by atoms with Crippen LogP contribution in [-0.4, -0.2) is 29.9 Å². The molecule has 2 aromatic rings. The Balaban J connectivity index is 0.00000338. The van der Waals surface area contributed by atoms with Crippen molar-refractivity contribution in [2.24, 2.45) is 5.73 Å². The zero-order valence-electron chi connectivity index (χ0n) is 14.5. The maximum absolute atomic E-state index is 13.1. The number of nitrogens with two attached hydrogens (primary N) is 1. The molecule has 0 aromatic heterocycles. The Labute approximate surface area is 158 Å². The lowest BCUT2D eigenvalue weighted by Gasteiger charge is -2.22. The summed E-state index contributed by atoms with van der Waals surface area (Å²) in [4.78, 5) is 26.0. The number of carbonyl (C=O) groups is 2. The topological polar surface area (TPSA) is 72.6 Å². The van der Waals surface area contributed by atoms with E-state index >= 15 is 0 Å². The van der Waals surface area contributed by atoms with Gasteiger partial charge >= 0.3 is 5.97 Å². The Morgan fingerprint density at radius 1 is 1.04 bits per heavy atom. The van der Waals surface area contributed by atoms with Gasteiger partial charge in [-0.25, -0.2) is 4.39 Å². The van der Waals surface area contributed by atoms with Crippen molar-refractivity contribution in [3.8, 4) is 0 Å². The van der Waals surface area contributed by atoms with Crippen LogP contribution in [0.15, 0.2) is 48.5 Å². The fourth-order valence-electron chi connectivity index (χ4n) is 2.34. The molecule has 0 saturated heterocycles. The third-order valence-electron chi connectivity index (χ3n) is 3.64. The van der Waals surface area contributed by atoms with Gasteiger partial charge in [0.2, 0.25) is 0 Å². The molecule has 1 amide bonds. The van der Waals surface area contributed by atoms with Crippen molar-refractivity contribution in [1.29, 1.82) is 0 Å². The van der Waals surface area contributed by atoms with Crippen molar-refractivity contribution in [2.45, 2.75) is 20.0 Å². The maximum atomic E-state index is 13.1. The van der Waals surface area contributed by atoms with Crippen LogP contribution in [0.2, 0.25) is 0 Å². The van der Waals surface area contributed by atoms with Crippen LogP contribution in [0.3, 0.4) is 0 Å². The Morgan fingerprint density at radius 3 is 2.15 bits per heavy atom. The first kappa shape index (κ1) is 21.6. The second-order valence-corrected chi connectivity index (χ2v) is 5.49. The molecule has 0 spiro atoms. The SMILES string of the molecule is CCOC(=O)CN(Cc1ccc(F)cc1)C(=O)c1ccc(CN)cc1.Cl. The van der Waals surface area contributed by atoms with E-state index in [9.17, 15) is 14.0 Å². The second kappa shape index (κ2) is 10.5. The van der Waals surface area contributed by atoms with Crippen LogP contribution in [-0.2, 0) is 22.6 Å². The quantitative estimate of drug-likeness (QED) is 0.749. The van der Waals surface area contributed by atoms with E-state index in [4.69, 9.17) is 10.5 Å². The Morgan fingerprint density at radius 2 is 1.62 bits per heavy atom. The van der Waals surface area contributed by atoms with Crippen molar-refractivity contribution in [1.82, 2.24) is 4.90 Å². The standard InChI is InChI=1S/C19H21FN2O3.ClH/c1-2-25-18(23)13-22(12-15-5-9-17(20)10-6-15)19(24)16-7-3-14(11-21)4-8-16;/h3-10H,2,11-13,21H2,1H3;1H. The van der Waals surface area contributed by atoms with Crippen LogP contribution in [0.25, 0.3) is 0 Å². The van der Waals surface area contributed by atoms with Crippen molar-refractivity contribution in [3.05, 3.63) is 71.0 Å². The molecule has 5 nitrogen and oxygen atoms in total. The highest BCUT2D eigenvalue weighted by Crippen LogP contribution is 2.12. The van der Waals surface area contributed by atoms with Gasteiger partial charge in [0.1, 0.15) is 12.4 Å². The van der Waals surface area contributed by atoms with E-state index in [2.05, 4.69) is 0 Å². The molecular weight excluding hydrogens is 359 g/mol. The highest BCUT2D eigenvalue weighted by molar-refractivity contribution is 5.96. The summed E-state index contributed by atoms with van der Waals surface area (Å²) < 4.78 is 18.0. The number of halogens is 2. The van der Waals surface area contributed by atoms with Crippen LogP contribution in [0.4, 0.5) is 4.39 Å². The number of rotatable bonds is 7. The molecular formula is C19H22ClFN2O3. The van der Waals surface area contributed by atoms with Gasteiger partial charge in [-0.1, -0.05) is 24.3 Å². The fraction of sp³-hybridized carbons (Fsp3) is 0.263. The Bertz CT molecular complexity index is 721. The van der Waals surface area contributed by atoms with Crippen molar-refractivity contribution in [2.75, 3.05) is 13.2 Å². The van der Waals surface area contributed by atoms with E-state index in [0.717, 1.165) is 11.1 Å². The number of ether oxygens (including phenoxy) is 1. The van der Waals surface area contributed by atoms with Crippen molar-refractivity contribution >= 4 is 24.3 Å². The summed E-state index contributed by atoms with van der Waals surface area (Å²) in [5.41, 5.74) is 7.64. The van der Waals surface area contributed by atoms with Gasteiger partial charge < -0.3 is 15.4 Å². The van der Waals surface area contributed by atoms with E-state index in [1.54, 1.807) is 43.3 Å². The molecule has 2 N–H and O–H groups in total. The predicted octanol–water partition coefficient (Wildman–Crippen LogP) is 2.91. The lowest BCUT2D eigenvalue weighted by atomic mass is 10.1. The number of hydrogen-bond acceptors (Lipinski definition) is 4. The van der Waals surface area contributed by atoms with Crippen LogP contribution in [0, 0.1) is 5.82 Å². The molecule has 26 heavy (non-hydrogen) atoms. The van der Waals surface area contributed by atoms with Gasteiger partial charge in [0.05, 0.1) is 6.61 Å². The summed E-state index contributed by atoms with van der Waals surface area (Å²) in [6, 6.07) is 12.7. The van der Waals surface area contributed by atoms with Gasteiger partial charge in [-0.05, 0) is 42.3 Å². The molecule has 2 aromatic carbocycles. The molecule has 0 unspecified atom stereocenters. The molecule has 0 aliphatic carbocycles. The number of esters is 1. The molecule has 0 radical (unpaired) electrons. The predicted molar refractivity (Wildman–Crippen MR) is 99.4 cm³/mol. The number of hydrogen-bond donors (Lipinski definition) is 1. The minimum atomic E-state index is -0.489. The summed E-state index contributed by atoms with van der Waals surface area (Å²) in [6.07, 6.45) is 0. The Hall–Kier alpha value is -2.44. The zero-order valence-corrected chi connectivity index (χ0v) is 15.3. The first-order chi connectivity index (χ1) is 12.0. The summed E-state index contributed by atoms with van der Waals surface area (Å²) in [5, 5.41) is 0. The molecule has 0 saturated carbocycles. The first-order valence-corrected chi connectivity index (χ1v) is 8.01. The normalized spacial score (nSPS) is 9.96. The molecule has 0 heterocycles. The first-order valence-electron chi connectivity index (χ1n) is 8.01. The lowest BCUT2D eigenvalue weighted by molar-refractivity contribution is -0.143. The van der Waals surface area contributed by atoms with Gasteiger partial charge in [-0.15, -0.1) is 12.4 Å². The fourth-order valence-corrected chi connectivity index (χ4v) is 2.34. The smallest absolute Gasteiger partial charge is 0.325 e. The highest BCUT2D eigenvalue weighted by Gasteiger charge is 2.20. The van der Waals surface area contributed by atoms with Gasteiger partial charge in [0.25, 0.3) is 5.91 Å². The van der Waals surface area contributed by atoms with E-state index in [1.807, 2.05) is 0 Å². The summed E-state index contributed by atoms with van der Waals surface area (Å²) in [5.74, 6) is -1.15. The molecule has 7 heteroatoms. The molecule has 0 fully saturated rings. The molecule has 0 bridgehead atoms. The second-order valence-electron chi connectivity index (χ2n) is 5.49. The van der Waals surface area contributed by atoms with E-state index in [-0.39, 0.29) is 43.8 Å². The van der Waals surface area contributed by atoms with Crippen LogP contribution < -0.4 is 5.73 Å². The van der Waals surface area contributed by atoms with Gasteiger partial charge in [0, 0.05) is 18.7 Å². The summed E-state index contributed by atoms with van der Waals surface area (Å²) >= 11 is 0. The Kier molecular flexibility index (Phi) is 8.75. The summed E-state index contributed by atoms with van der Waals surface area (Å²) in [7, 11) is 0. The third-order valence-corrected chi connectivity index (χ3v) is 3.64. The minimum Gasteiger partial charge on any atom is -0.465 e. The molecule has 0 aliphatic rings. The molecule has 140 valence electrons. The lowest BCUT2D eigenvalue weighted by Crippen LogP contribution is -2.36. The number of benzene rings is 2. The van der Waals surface area contributed by atoms with Gasteiger partial charge in [-0.2, -0.15) is 0 Å². The molecule has 2 rings (SSSR count). The number of carbonyl (C=O) groups excluding carboxylic acids is 2. The molecule has 0 aliphatic heterocycles. The monoisotopic (exact) mass is 380 g/mol. The van der Waals surface area contributed by atoms with Crippen LogP contribution in [0.1, 0.15) is 28.4 Å². The van der Waals surface area contributed by atoms with E-state index in [0.29, 0.717) is 12.1 Å². The van der Waals surface area contributed by atoms with Crippen molar-refractivity contribution in [3.63, 3.8) is 0 Å². The average Bonchev–Trinajstić information content (AvgIpc) is 2.62. The van der Waals surface area contributed by atoms with E-state index < -0.39 is 5.97 Å². The van der Waals surface area contributed by atoms with Gasteiger partial charge in [-0.3, -0.25) is 9.59 Å².